The van der Waals surface area contributed by atoms with Gasteiger partial charge in [-0.05, 0) is 50.4 Å². The largest absolute Gasteiger partial charge is 0.325 e. The summed E-state index contributed by atoms with van der Waals surface area (Å²) in [5, 5.41) is 2.99. The molecular weight excluding hydrogens is 298 g/mol. The van der Waals surface area contributed by atoms with Crippen molar-refractivity contribution in [2.75, 3.05) is 44.6 Å². The van der Waals surface area contributed by atoms with E-state index in [2.05, 4.69) is 15.1 Å². The van der Waals surface area contributed by atoms with E-state index < -0.39 is 0 Å². The standard InChI is InChI=1S/C20H31N3O/c24-20(21-19-10-5-2-6-11-19)17-23-13-7-12-22(14-15-23)16-18-8-3-1-4-9-18/h2,5-6,10-11,18H,1,3-4,7-9,12-17H2,(H,21,24). The van der Waals surface area contributed by atoms with Crippen LogP contribution in [-0.4, -0.2) is 55.0 Å². The van der Waals surface area contributed by atoms with Gasteiger partial charge in [0, 0.05) is 25.3 Å². The molecule has 24 heavy (non-hydrogen) atoms. The molecule has 1 aromatic carbocycles. The molecule has 1 saturated heterocycles. The van der Waals surface area contributed by atoms with Gasteiger partial charge in [0.15, 0.2) is 0 Å². The molecule has 2 fully saturated rings. The minimum absolute atomic E-state index is 0.0990. The number of amides is 1. The van der Waals surface area contributed by atoms with E-state index in [1.54, 1.807) is 0 Å². The van der Waals surface area contributed by atoms with E-state index in [0.717, 1.165) is 31.2 Å². The fourth-order valence-corrected chi connectivity index (χ4v) is 4.03. The highest BCUT2D eigenvalue weighted by Crippen LogP contribution is 2.24. The summed E-state index contributed by atoms with van der Waals surface area (Å²) >= 11 is 0. The third kappa shape index (κ3) is 5.60. The van der Waals surface area contributed by atoms with E-state index in [0.29, 0.717) is 6.54 Å². The highest BCUT2D eigenvalue weighted by molar-refractivity contribution is 5.92. The molecule has 0 aromatic heterocycles. The van der Waals surface area contributed by atoms with Gasteiger partial charge >= 0.3 is 0 Å². The van der Waals surface area contributed by atoms with Gasteiger partial charge < -0.3 is 10.2 Å². The third-order valence-electron chi connectivity index (χ3n) is 5.35. The van der Waals surface area contributed by atoms with Crippen molar-refractivity contribution in [2.24, 2.45) is 5.92 Å². The van der Waals surface area contributed by atoms with Gasteiger partial charge in [-0.25, -0.2) is 0 Å². The van der Waals surface area contributed by atoms with Crippen molar-refractivity contribution in [3.05, 3.63) is 30.3 Å². The number of para-hydroxylation sites is 1. The van der Waals surface area contributed by atoms with Crippen molar-refractivity contribution in [1.29, 1.82) is 0 Å². The molecule has 0 unspecified atom stereocenters. The molecule has 1 N–H and O–H groups in total. The highest BCUT2D eigenvalue weighted by atomic mass is 16.2. The maximum Gasteiger partial charge on any atom is 0.238 e. The summed E-state index contributed by atoms with van der Waals surface area (Å²) in [5.74, 6) is 1.01. The van der Waals surface area contributed by atoms with Gasteiger partial charge in [-0.15, -0.1) is 0 Å². The van der Waals surface area contributed by atoms with Crippen molar-refractivity contribution >= 4 is 11.6 Å². The summed E-state index contributed by atoms with van der Waals surface area (Å²) in [7, 11) is 0. The molecule has 0 atom stereocenters. The first-order valence-electron chi connectivity index (χ1n) is 9.59. The number of nitrogens with one attached hydrogen (secondary N) is 1. The van der Waals surface area contributed by atoms with Crippen molar-refractivity contribution in [3.63, 3.8) is 0 Å². The molecule has 132 valence electrons. The Morgan fingerprint density at radius 2 is 1.62 bits per heavy atom. The van der Waals surface area contributed by atoms with E-state index in [1.807, 2.05) is 30.3 Å². The van der Waals surface area contributed by atoms with E-state index >= 15 is 0 Å². The Morgan fingerprint density at radius 1 is 0.917 bits per heavy atom. The second kappa shape index (κ2) is 9.19. The Kier molecular flexibility index (Phi) is 6.67. The Labute approximate surface area is 146 Å². The summed E-state index contributed by atoms with van der Waals surface area (Å²) in [6.45, 7) is 6.11. The summed E-state index contributed by atoms with van der Waals surface area (Å²) in [6, 6.07) is 9.74. The normalized spacial score (nSPS) is 21.3. The van der Waals surface area contributed by atoms with Gasteiger partial charge in [0.2, 0.25) is 5.91 Å². The minimum atomic E-state index is 0.0990. The van der Waals surface area contributed by atoms with Crippen LogP contribution in [0.2, 0.25) is 0 Å². The third-order valence-corrected chi connectivity index (χ3v) is 5.35. The fourth-order valence-electron chi connectivity index (χ4n) is 4.03. The maximum absolute atomic E-state index is 12.2. The Bertz CT molecular complexity index is 499. The monoisotopic (exact) mass is 329 g/mol. The summed E-state index contributed by atoms with van der Waals surface area (Å²) in [5.41, 5.74) is 0.885. The number of carbonyl (C=O) groups excluding carboxylic acids is 1. The molecule has 0 spiro atoms. The van der Waals surface area contributed by atoms with Crippen molar-refractivity contribution in [1.82, 2.24) is 9.80 Å². The van der Waals surface area contributed by atoms with Crippen LogP contribution in [0.5, 0.6) is 0 Å². The average Bonchev–Trinajstić information content (AvgIpc) is 2.82. The number of rotatable bonds is 5. The first kappa shape index (κ1) is 17.4. The fraction of sp³-hybridized carbons (Fsp3) is 0.650. The van der Waals surface area contributed by atoms with Crippen LogP contribution in [-0.2, 0) is 4.79 Å². The predicted molar refractivity (Wildman–Crippen MR) is 99.1 cm³/mol. The lowest BCUT2D eigenvalue weighted by Crippen LogP contribution is -2.37. The summed E-state index contributed by atoms with van der Waals surface area (Å²) in [4.78, 5) is 17.2. The topological polar surface area (TPSA) is 35.6 Å². The van der Waals surface area contributed by atoms with Crippen molar-refractivity contribution < 1.29 is 4.79 Å². The quantitative estimate of drug-likeness (QED) is 0.901. The van der Waals surface area contributed by atoms with Gasteiger partial charge in [0.1, 0.15) is 0 Å². The average molecular weight is 329 g/mol. The molecule has 4 nitrogen and oxygen atoms in total. The number of benzene rings is 1. The molecule has 2 aliphatic rings. The molecule has 1 aliphatic carbocycles. The molecule has 1 aromatic rings. The number of hydrogen-bond donors (Lipinski definition) is 1. The van der Waals surface area contributed by atoms with Crippen LogP contribution in [0.3, 0.4) is 0 Å². The number of nitrogens with zero attached hydrogens (tertiary/aromatic N) is 2. The van der Waals surface area contributed by atoms with Crippen LogP contribution < -0.4 is 5.32 Å². The van der Waals surface area contributed by atoms with Crippen LogP contribution in [0.15, 0.2) is 30.3 Å². The number of hydrogen-bond acceptors (Lipinski definition) is 3. The molecule has 1 saturated carbocycles. The highest BCUT2D eigenvalue weighted by Gasteiger charge is 2.21. The first-order chi connectivity index (χ1) is 11.8. The molecule has 4 heteroatoms. The van der Waals surface area contributed by atoms with Crippen LogP contribution >= 0.6 is 0 Å². The lowest BCUT2D eigenvalue weighted by atomic mass is 9.89. The van der Waals surface area contributed by atoms with Gasteiger partial charge in [-0.1, -0.05) is 37.5 Å². The molecule has 1 aliphatic heterocycles. The SMILES string of the molecule is O=C(CN1CCCN(CC2CCCCC2)CC1)Nc1ccccc1. The van der Waals surface area contributed by atoms with Crippen LogP contribution in [0.4, 0.5) is 5.69 Å². The zero-order valence-corrected chi connectivity index (χ0v) is 14.8. The van der Waals surface area contributed by atoms with E-state index in [-0.39, 0.29) is 5.91 Å². The van der Waals surface area contributed by atoms with E-state index in [9.17, 15) is 4.79 Å². The zero-order valence-electron chi connectivity index (χ0n) is 14.8. The Balaban J connectivity index is 1.40. The van der Waals surface area contributed by atoms with Crippen molar-refractivity contribution in [3.8, 4) is 0 Å². The maximum atomic E-state index is 12.2. The van der Waals surface area contributed by atoms with E-state index in [4.69, 9.17) is 0 Å². The van der Waals surface area contributed by atoms with Gasteiger partial charge in [-0.2, -0.15) is 0 Å². The Morgan fingerprint density at radius 3 is 2.42 bits per heavy atom. The second-order valence-corrected chi connectivity index (χ2v) is 7.35. The first-order valence-corrected chi connectivity index (χ1v) is 9.59. The van der Waals surface area contributed by atoms with E-state index in [1.165, 1.54) is 51.6 Å². The zero-order chi connectivity index (χ0) is 16.6. The molecular formula is C20H31N3O. The Hall–Kier alpha value is -1.39. The lowest BCUT2D eigenvalue weighted by molar-refractivity contribution is -0.117. The smallest absolute Gasteiger partial charge is 0.238 e. The second-order valence-electron chi connectivity index (χ2n) is 7.35. The molecule has 0 bridgehead atoms. The van der Waals surface area contributed by atoms with Gasteiger partial charge in [-0.3, -0.25) is 9.69 Å². The van der Waals surface area contributed by atoms with Crippen molar-refractivity contribution in [2.45, 2.75) is 38.5 Å². The molecule has 0 radical (unpaired) electrons. The summed E-state index contributed by atoms with van der Waals surface area (Å²) < 4.78 is 0. The molecule has 1 heterocycles. The summed E-state index contributed by atoms with van der Waals surface area (Å²) in [6.07, 6.45) is 8.28. The lowest BCUT2D eigenvalue weighted by Gasteiger charge is -2.28. The number of anilines is 1. The molecule has 1 amide bonds. The van der Waals surface area contributed by atoms with Crippen LogP contribution in [0.25, 0.3) is 0 Å². The van der Waals surface area contributed by atoms with Crippen LogP contribution in [0, 0.1) is 5.92 Å². The number of carbonyl (C=O) groups is 1. The van der Waals surface area contributed by atoms with Crippen LogP contribution in [0.1, 0.15) is 38.5 Å². The van der Waals surface area contributed by atoms with Gasteiger partial charge in [0.05, 0.1) is 6.54 Å². The molecule has 3 rings (SSSR count). The predicted octanol–water partition coefficient (Wildman–Crippen LogP) is 3.21. The van der Waals surface area contributed by atoms with Gasteiger partial charge in [0.25, 0.3) is 0 Å². The minimum Gasteiger partial charge on any atom is -0.325 e.